The number of nitrogens with two attached hydrogens (primary N) is 1. The lowest BCUT2D eigenvalue weighted by molar-refractivity contribution is 0.613. The van der Waals surface area contributed by atoms with Gasteiger partial charge in [0.05, 0.1) is 0 Å². The van der Waals surface area contributed by atoms with Crippen LogP contribution >= 0.6 is 0 Å². The molecule has 0 amide bonds. The fraction of sp³-hybridized carbons (Fsp3) is 0.0500. The maximum atomic E-state index is 6.96. The van der Waals surface area contributed by atoms with Crippen LogP contribution in [0.2, 0.25) is 0 Å². The van der Waals surface area contributed by atoms with Crippen molar-refractivity contribution >= 4 is 40.1 Å². The first-order valence-corrected chi connectivity index (χ1v) is 8.11. The molecule has 0 aliphatic heterocycles. The van der Waals surface area contributed by atoms with E-state index in [1.54, 1.807) is 0 Å². The van der Waals surface area contributed by atoms with E-state index in [0.717, 1.165) is 22.9 Å². The Morgan fingerprint density at radius 2 is 2.00 bits per heavy atom. The van der Waals surface area contributed by atoms with Crippen LogP contribution in [0.3, 0.4) is 0 Å². The van der Waals surface area contributed by atoms with Gasteiger partial charge >= 0.3 is 6.01 Å². The molecule has 0 spiro atoms. The molecule has 0 unspecified atom stereocenters. The molecule has 4 rings (SSSR count). The molecule has 0 bridgehead atoms. The summed E-state index contributed by atoms with van der Waals surface area (Å²) in [5.41, 5.74) is 10.5. The number of oxazole rings is 1. The van der Waals surface area contributed by atoms with E-state index in [0.29, 0.717) is 5.58 Å². The smallest absolute Gasteiger partial charge is 0.324 e. The fourth-order valence-electron chi connectivity index (χ4n) is 2.90. The van der Waals surface area contributed by atoms with Crippen molar-refractivity contribution in [3.8, 4) is 11.1 Å². The van der Waals surface area contributed by atoms with Gasteiger partial charge in [0.25, 0.3) is 0 Å². The van der Waals surface area contributed by atoms with Gasteiger partial charge in [0.15, 0.2) is 5.58 Å². The molecule has 6 nitrogen and oxygen atoms in total. The first-order chi connectivity index (χ1) is 12.6. The van der Waals surface area contributed by atoms with Crippen LogP contribution in [0.1, 0.15) is 0 Å². The summed E-state index contributed by atoms with van der Waals surface area (Å²) in [4.78, 5) is 8.49. The Morgan fingerprint density at radius 1 is 1.19 bits per heavy atom. The number of nitrogens with zero attached hydrogens (tertiary/aromatic N) is 3. The van der Waals surface area contributed by atoms with Crippen LogP contribution in [-0.2, 0) is 7.05 Å². The molecule has 26 heavy (non-hydrogen) atoms. The summed E-state index contributed by atoms with van der Waals surface area (Å²) in [5.74, 6) is 0.231. The van der Waals surface area contributed by atoms with Crippen molar-refractivity contribution in [1.29, 1.82) is 5.41 Å². The second kappa shape index (κ2) is 6.33. The number of hydrogen-bond acceptors (Lipinski definition) is 4. The van der Waals surface area contributed by atoms with Gasteiger partial charge in [-0.1, -0.05) is 12.1 Å². The van der Waals surface area contributed by atoms with Gasteiger partial charge in [0, 0.05) is 30.4 Å². The van der Waals surface area contributed by atoms with Crippen molar-refractivity contribution in [3.05, 3.63) is 60.8 Å². The third-order valence-electron chi connectivity index (χ3n) is 4.18. The second-order valence-corrected chi connectivity index (χ2v) is 5.94. The normalized spacial score (nSPS) is 12.4. The van der Waals surface area contributed by atoms with Gasteiger partial charge in [0.1, 0.15) is 11.4 Å². The molecule has 2 aromatic heterocycles. The number of aliphatic imine (C=N–C) groups is 1. The molecule has 0 aliphatic carbocycles. The average molecular weight is 343 g/mol. The van der Waals surface area contributed by atoms with Gasteiger partial charge in [0.2, 0.25) is 0 Å². The number of hydrogen-bond donors (Lipinski definition) is 2. The van der Waals surface area contributed by atoms with Gasteiger partial charge in [-0.05, 0) is 53.6 Å². The van der Waals surface area contributed by atoms with E-state index >= 15 is 0 Å². The van der Waals surface area contributed by atoms with Crippen LogP contribution in [-0.4, -0.2) is 21.6 Å². The summed E-state index contributed by atoms with van der Waals surface area (Å²) in [6.45, 7) is 0. The van der Waals surface area contributed by atoms with E-state index in [2.05, 4.69) is 45.0 Å². The molecular formula is C20H17N5O. The predicted octanol–water partition coefficient (Wildman–Crippen LogP) is 4.18. The van der Waals surface area contributed by atoms with Crippen LogP contribution in [0.5, 0.6) is 0 Å². The summed E-state index contributed by atoms with van der Waals surface area (Å²) >= 11 is 0. The molecule has 0 atom stereocenters. The van der Waals surface area contributed by atoms with Gasteiger partial charge in [-0.3, -0.25) is 0 Å². The molecule has 4 aromatic rings. The number of fused-ring (bicyclic) bond motifs is 2. The van der Waals surface area contributed by atoms with Crippen molar-refractivity contribution in [3.63, 3.8) is 0 Å². The molecule has 0 saturated heterocycles. The molecule has 128 valence electrons. The lowest BCUT2D eigenvalue weighted by Gasteiger charge is -2.03. The van der Waals surface area contributed by atoms with Crippen molar-refractivity contribution in [2.45, 2.75) is 0 Å². The number of aromatic nitrogens is 2. The Kier molecular flexibility index (Phi) is 3.85. The molecule has 0 saturated carbocycles. The van der Waals surface area contributed by atoms with Crippen molar-refractivity contribution in [2.75, 3.05) is 0 Å². The summed E-state index contributed by atoms with van der Waals surface area (Å²) in [6, 6.07) is 14.5. The largest absolute Gasteiger partial charge is 0.422 e. The SMILES string of the molecule is Cn1ccc2cc(-c3ccc4oc(N=C(N)C=CC=N)nc4c3)ccc21. The molecule has 0 fully saturated rings. The highest BCUT2D eigenvalue weighted by Crippen LogP contribution is 2.29. The van der Waals surface area contributed by atoms with Crippen LogP contribution in [0.25, 0.3) is 33.1 Å². The number of nitrogens with one attached hydrogen (secondary N) is 1. The Balaban J connectivity index is 1.72. The minimum atomic E-state index is 0.197. The molecule has 0 aliphatic rings. The first-order valence-electron chi connectivity index (χ1n) is 8.11. The average Bonchev–Trinajstić information content (AvgIpc) is 3.21. The number of aryl methyl sites for hydroxylation is 1. The summed E-state index contributed by atoms with van der Waals surface area (Å²) in [5, 5.41) is 8.15. The zero-order valence-electron chi connectivity index (χ0n) is 14.2. The van der Waals surface area contributed by atoms with Crippen LogP contribution in [0.4, 0.5) is 6.01 Å². The van der Waals surface area contributed by atoms with Gasteiger partial charge in [-0.2, -0.15) is 9.98 Å². The van der Waals surface area contributed by atoms with Crippen LogP contribution in [0.15, 0.2) is 70.2 Å². The fourth-order valence-corrected chi connectivity index (χ4v) is 2.90. The van der Waals surface area contributed by atoms with Gasteiger partial charge < -0.3 is 20.1 Å². The Morgan fingerprint density at radius 3 is 2.85 bits per heavy atom. The third-order valence-corrected chi connectivity index (χ3v) is 4.18. The Labute approximate surface area is 149 Å². The maximum absolute atomic E-state index is 6.96. The third kappa shape index (κ3) is 2.88. The monoisotopic (exact) mass is 343 g/mol. The van der Waals surface area contributed by atoms with Crippen LogP contribution in [0, 0.1) is 5.41 Å². The molecule has 0 radical (unpaired) electrons. The highest BCUT2D eigenvalue weighted by Gasteiger charge is 2.08. The molecule has 2 aromatic carbocycles. The quantitative estimate of drug-likeness (QED) is 0.430. The van der Waals surface area contributed by atoms with Gasteiger partial charge in [-0.25, -0.2) is 0 Å². The standard InChI is InChI=1S/C20H17N5O/c1-25-10-8-15-11-13(4-6-17(15)25)14-5-7-18-16(12-14)23-20(26-18)24-19(22)3-2-9-21/h2-12,21H,1H3,(H2,22,23,24). The van der Waals surface area contributed by atoms with Gasteiger partial charge in [-0.15, -0.1) is 0 Å². The lowest BCUT2D eigenvalue weighted by Crippen LogP contribution is -2.06. The minimum Gasteiger partial charge on any atom is -0.422 e. The maximum Gasteiger partial charge on any atom is 0.324 e. The number of rotatable bonds is 4. The van der Waals surface area contributed by atoms with Crippen LogP contribution < -0.4 is 5.73 Å². The highest BCUT2D eigenvalue weighted by molar-refractivity contribution is 5.96. The molecule has 3 N–H and O–H groups in total. The molecule has 2 heterocycles. The predicted molar refractivity (Wildman–Crippen MR) is 105 cm³/mol. The summed E-state index contributed by atoms with van der Waals surface area (Å²) < 4.78 is 7.71. The second-order valence-electron chi connectivity index (χ2n) is 5.94. The van der Waals surface area contributed by atoms with E-state index in [-0.39, 0.29) is 11.9 Å². The zero-order chi connectivity index (χ0) is 18.1. The summed E-state index contributed by atoms with van der Waals surface area (Å²) in [6.07, 6.45) is 6.18. The molecular weight excluding hydrogens is 326 g/mol. The minimum absolute atomic E-state index is 0.197. The van der Waals surface area contributed by atoms with E-state index in [4.69, 9.17) is 15.6 Å². The zero-order valence-corrected chi connectivity index (χ0v) is 14.2. The number of amidine groups is 1. The Hall–Kier alpha value is -3.67. The van der Waals surface area contributed by atoms with E-state index in [1.165, 1.54) is 23.1 Å². The van der Waals surface area contributed by atoms with E-state index in [1.807, 2.05) is 25.2 Å². The van der Waals surface area contributed by atoms with E-state index in [9.17, 15) is 0 Å². The summed E-state index contributed by atoms with van der Waals surface area (Å²) in [7, 11) is 2.04. The first kappa shape index (κ1) is 15.8. The number of allylic oxidation sites excluding steroid dienone is 1. The highest BCUT2D eigenvalue weighted by atomic mass is 16.4. The topological polar surface area (TPSA) is 93.2 Å². The number of benzene rings is 2. The van der Waals surface area contributed by atoms with E-state index < -0.39 is 0 Å². The lowest BCUT2D eigenvalue weighted by atomic mass is 10.0. The van der Waals surface area contributed by atoms with Crippen molar-refractivity contribution < 1.29 is 4.42 Å². The molecule has 6 heteroatoms. The van der Waals surface area contributed by atoms with Crippen molar-refractivity contribution in [2.24, 2.45) is 17.8 Å². The van der Waals surface area contributed by atoms with Crippen molar-refractivity contribution in [1.82, 2.24) is 9.55 Å². The Bertz CT molecular complexity index is 1180.